The number of hydrogen-bond donors (Lipinski definition) is 1. The summed E-state index contributed by atoms with van der Waals surface area (Å²) in [5.41, 5.74) is 6.38. The molecule has 0 saturated heterocycles. The second kappa shape index (κ2) is 11.0. The number of amides is 1. The SMILES string of the molecule is CCC(C)c1ccc(-c2nc(C(F)(F)F)n3c2CN(C(=O)C[C@H](N)Cc2cc(F)c(F)cc2F)CC3)cc1F. The average molecular weight is 557 g/mol. The molecule has 0 fully saturated rings. The van der Waals surface area contributed by atoms with Crippen LogP contribution in [-0.4, -0.2) is 32.9 Å². The first-order chi connectivity index (χ1) is 18.3. The zero-order valence-corrected chi connectivity index (χ0v) is 21.3. The van der Waals surface area contributed by atoms with Crippen LogP contribution in [0.2, 0.25) is 0 Å². The van der Waals surface area contributed by atoms with E-state index >= 15 is 0 Å². The first kappa shape index (κ1) is 28.6. The Morgan fingerprint density at radius 1 is 1.03 bits per heavy atom. The van der Waals surface area contributed by atoms with Gasteiger partial charge in [-0.2, -0.15) is 13.2 Å². The lowest BCUT2D eigenvalue weighted by molar-refractivity contribution is -0.148. The number of carbonyl (C=O) groups excluding carboxylic acids is 1. The van der Waals surface area contributed by atoms with Crippen LogP contribution in [0.4, 0.5) is 30.7 Å². The van der Waals surface area contributed by atoms with Crippen LogP contribution >= 0.6 is 0 Å². The van der Waals surface area contributed by atoms with Crippen molar-refractivity contribution >= 4 is 5.91 Å². The largest absolute Gasteiger partial charge is 0.449 e. The van der Waals surface area contributed by atoms with Crippen molar-refractivity contribution in [2.45, 2.75) is 64.3 Å². The molecule has 3 aromatic rings. The maximum absolute atomic E-state index is 14.8. The molecule has 1 aliphatic heterocycles. The molecule has 5 nitrogen and oxygen atoms in total. The number of halogens is 7. The summed E-state index contributed by atoms with van der Waals surface area (Å²) in [6.07, 6.45) is -4.67. The van der Waals surface area contributed by atoms with E-state index in [0.29, 0.717) is 24.1 Å². The molecule has 210 valence electrons. The average Bonchev–Trinajstić information content (AvgIpc) is 3.26. The number of imidazole rings is 1. The number of alkyl halides is 3. The predicted octanol–water partition coefficient (Wildman–Crippen LogP) is 5.94. The fourth-order valence-electron chi connectivity index (χ4n) is 4.75. The second-order valence-corrected chi connectivity index (χ2v) is 9.77. The summed E-state index contributed by atoms with van der Waals surface area (Å²) in [6, 6.07) is 4.29. The van der Waals surface area contributed by atoms with Gasteiger partial charge in [0.1, 0.15) is 11.6 Å². The van der Waals surface area contributed by atoms with Crippen molar-refractivity contribution in [1.82, 2.24) is 14.5 Å². The molecule has 0 spiro atoms. The van der Waals surface area contributed by atoms with E-state index in [0.717, 1.165) is 10.6 Å². The normalized spacial score (nSPS) is 15.3. The van der Waals surface area contributed by atoms with E-state index in [-0.39, 0.29) is 60.9 Å². The van der Waals surface area contributed by atoms with E-state index in [1.165, 1.54) is 17.0 Å². The van der Waals surface area contributed by atoms with Crippen LogP contribution in [0, 0.1) is 23.3 Å². The molecule has 2 atom stereocenters. The summed E-state index contributed by atoms with van der Waals surface area (Å²) in [4.78, 5) is 18.1. The Morgan fingerprint density at radius 3 is 2.36 bits per heavy atom. The highest BCUT2D eigenvalue weighted by Gasteiger charge is 2.41. The van der Waals surface area contributed by atoms with E-state index in [1.54, 1.807) is 0 Å². The van der Waals surface area contributed by atoms with Gasteiger partial charge in [0, 0.05) is 37.2 Å². The van der Waals surface area contributed by atoms with Gasteiger partial charge >= 0.3 is 6.18 Å². The Hall–Kier alpha value is -3.41. The van der Waals surface area contributed by atoms with Crippen LogP contribution in [0.1, 0.15) is 55.3 Å². The maximum atomic E-state index is 14.8. The highest BCUT2D eigenvalue weighted by Crippen LogP contribution is 2.37. The topological polar surface area (TPSA) is 64.2 Å². The molecule has 1 unspecified atom stereocenters. The predicted molar refractivity (Wildman–Crippen MR) is 129 cm³/mol. The summed E-state index contributed by atoms with van der Waals surface area (Å²) in [7, 11) is 0. The lowest BCUT2D eigenvalue weighted by atomic mass is 9.96. The summed E-state index contributed by atoms with van der Waals surface area (Å²) in [5.74, 6) is -5.92. The minimum Gasteiger partial charge on any atom is -0.335 e. The smallest absolute Gasteiger partial charge is 0.335 e. The standard InChI is InChI=1S/C27H27F7N4O/c1-3-14(2)18-5-4-15(9-20(18)29)25-23-13-37(6-7-38(23)26(36-25)27(32,33)34)24(39)11-17(35)8-16-10-21(30)22(31)12-19(16)28/h4-5,9-10,12,14,17H,3,6-8,11,13,35H2,1-2H3/t14?,17-/m1/s1. The molecule has 2 aromatic carbocycles. The van der Waals surface area contributed by atoms with Crippen molar-refractivity contribution < 1.29 is 35.5 Å². The summed E-state index contributed by atoms with van der Waals surface area (Å²) >= 11 is 0. The van der Waals surface area contributed by atoms with E-state index < -0.39 is 47.2 Å². The number of nitrogens with two attached hydrogens (primary N) is 1. The number of benzene rings is 2. The van der Waals surface area contributed by atoms with Crippen LogP contribution in [0.15, 0.2) is 30.3 Å². The fourth-order valence-corrected chi connectivity index (χ4v) is 4.75. The highest BCUT2D eigenvalue weighted by molar-refractivity contribution is 5.77. The lowest BCUT2D eigenvalue weighted by Crippen LogP contribution is -2.42. The molecular weight excluding hydrogens is 529 g/mol. The van der Waals surface area contributed by atoms with Crippen LogP contribution < -0.4 is 5.73 Å². The molecule has 0 saturated carbocycles. The molecule has 2 heterocycles. The third-order valence-corrected chi connectivity index (χ3v) is 7.04. The fraction of sp³-hybridized carbons (Fsp3) is 0.407. The third kappa shape index (κ3) is 5.95. The molecule has 39 heavy (non-hydrogen) atoms. The van der Waals surface area contributed by atoms with Crippen molar-refractivity contribution in [2.75, 3.05) is 6.54 Å². The first-order valence-corrected chi connectivity index (χ1v) is 12.4. The molecule has 1 amide bonds. The molecular formula is C27H27F7N4O. The second-order valence-electron chi connectivity index (χ2n) is 9.77. The molecule has 2 N–H and O–H groups in total. The summed E-state index contributed by atoms with van der Waals surface area (Å²) in [6.45, 7) is 3.22. The molecule has 0 radical (unpaired) electrons. The van der Waals surface area contributed by atoms with Crippen molar-refractivity contribution in [3.05, 3.63) is 76.2 Å². The molecule has 4 rings (SSSR count). The van der Waals surface area contributed by atoms with Crippen LogP contribution in [0.3, 0.4) is 0 Å². The molecule has 0 bridgehead atoms. The Balaban J connectivity index is 1.58. The molecule has 1 aliphatic rings. The zero-order valence-electron chi connectivity index (χ0n) is 21.3. The number of nitrogens with zero attached hydrogens (tertiary/aromatic N) is 3. The van der Waals surface area contributed by atoms with Gasteiger partial charge in [-0.25, -0.2) is 22.5 Å². The quantitative estimate of drug-likeness (QED) is 0.289. The minimum absolute atomic E-state index is 0.0711. The van der Waals surface area contributed by atoms with Gasteiger partial charge in [-0.1, -0.05) is 26.0 Å². The Labute approximate surface area is 220 Å². The number of fused-ring (bicyclic) bond motifs is 1. The lowest BCUT2D eigenvalue weighted by Gasteiger charge is -2.30. The summed E-state index contributed by atoms with van der Waals surface area (Å²) < 4.78 is 97.9. The number of rotatable bonds is 7. The third-order valence-electron chi connectivity index (χ3n) is 7.04. The highest BCUT2D eigenvalue weighted by atomic mass is 19.4. The van der Waals surface area contributed by atoms with Gasteiger partial charge < -0.3 is 15.2 Å². The van der Waals surface area contributed by atoms with Crippen molar-refractivity contribution in [3.8, 4) is 11.3 Å². The van der Waals surface area contributed by atoms with E-state index in [1.807, 2.05) is 13.8 Å². The molecule has 1 aromatic heterocycles. The number of carbonyl (C=O) groups is 1. The Bertz CT molecular complexity index is 1390. The van der Waals surface area contributed by atoms with Gasteiger partial charge in [-0.05, 0) is 42.0 Å². The van der Waals surface area contributed by atoms with Gasteiger partial charge in [0.2, 0.25) is 11.7 Å². The van der Waals surface area contributed by atoms with Crippen molar-refractivity contribution in [1.29, 1.82) is 0 Å². The van der Waals surface area contributed by atoms with Gasteiger partial charge in [-0.15, -0.1) is 0 Å². The van der Waals surface area contributed by atoms with Gasteiger partial charge in [-0.3, -0.25) is 4.79 Å². The van der Waals surface area contributed by atoms with Crippen LogP contribution in [-0.2, 0) is 30.5 Å². The number of aromatic nitrogens is 2. The monoisotopic (exact) mass is 556 g/mol. The Kier molecular flexibility index (Phi) is 8.06. The minimum atomic E-state index is -4.77. The summed E-state index contributed by atoms with van der Waals surface area (Å²) in [5, 5.41) is 0. The van der Waals surface area contributed by atoms with Crippen LogP contribution in [0.5, 0.6) is 0 Å². The number of hydrogen-bond acceptors (Lipinski definition) is 3. The Morgan fingerprint density at radius 2 is 1.72 bits per heavy atom. The van der Waals surface area contributed by atoms with E-state index in [2.05, 4.69) is 4.98 Å². The van der Waals surface area contributed by atoms with Gasteiger partial charge in [0.05, 0.1) is 17.9 Å². The maximum Gasteiger partial charge on any atom is 0.449 e. The van der Waals surface area contributed by atoms with Crippen molar-refractivity contribution in [3.63, 3.8) is 0 Å². The van der Waals surface area contributed by atoms with Crippen molar-refractivity contribution in [2.24, 2.45) is 5.73 Å². The molecule has 0 aliphatic carbocycles. The van der Waals surface area contributed by atoms with E-state index in [4.69, 9.17) is 5.73 Å². The van der Waals surface area contributed by atoms with E-state index in [9.17, 15) is 35.5 Å². The first-order valence-electron chi connectivity index (χ1n) is 12.4. The van der Waals surface area contributed by atoms with Gasteiger partial charge in [0.25, 0.3) is 0 Å². The zero-order chi connectivity index (χ0) is 28.6. The van der Waals surface area contributed by atoms with Gasteiger partial charge in [0.15, 0.2) is 11.6 Å². The van der Waals surface area contributed by atoms with Crippen LogP contribution in [0.25, 0.3) is 11.3 Å². The molecule has 12 heteroatoms.